The van der Waals surface area contributed by atoms with Gasteiger partial charge in [0.15, 0.2) is 11.5 Å². The quantitative estimate of drug-likeness (QED) is 0.637. The van der Waals surface area contributed by atoms with Crippen molar-refractivity contribution in [3.63, 3.8) is 0 Å². The van der Waals surface area contributed by atoms with Crippen LogP contribution in [0.15, 0.2) is 12.1 Å². The van der Waals surface area contributed by atoms with E-state index in [1.807, 2.05) is 19.9 Å². The molecule has 0 spiro atoms. The summed E-state index contributed by atoms with van der Waals surface area (Å²) >= 11 is 0. The Morgan fingerprint density at radius 1 is 1.26 bits per heavy atom. The number of nitrogens with one attached hydrogen (secondary N) is 2. The number of carboxylic acid groups (broad SMARTS) is 1. The highest BCUT2D eigenvalue weighted by Crippen LogP contribution is 2.34. The minimum absolute atomic E-state index is 0.0324. The molecule has 7 nitrogen and oxygen atoms in total. The molecule has 7 heteroatoms. The summed E-state index contributed by atoms with van der Waals surface area (Å²) in [5, 5.41) is 14.0. The molecule has 23 heavy (non-hydrogen) atoms. The van der Waals surface area contributed by atoms with Gasteiger partial charge in [-0.25, -0.2) is 4.79 Å². The predicted octanol–water partition coefficient (Wildman–Crippen LogP) is 2.24. The molecule has 0 saturated carbocycles. The standard InChI is InChI=1S/C16H24N2O5/c1-10-12(7-8-13(22-3)15(10)23-4)11(2)18-16(21)17-9-5-6-14(19)20/h7-8,11H,5-6,9H2,1-4H3,(H,19,20)(H2,17,18,21). The number of methoxy groups -OCH3 is 2. The highest BCUT2D eigenvalue weighted by Gasteiger charge is 2.17. The Kier molecular flexibility index (Phi) is 7.18. The largest absolute Gasteiger partial charge is 0.493 e. The van der Waals surface area contributed by atoms with Gasteiger partial charge in [-0.3, -0.25) is 4.79 Å². The lowest BCUT2D eigenvalue weighted by Crippen LogP contribution is -2.37. The molecule has 1 aromatic rings. The predicted molar refractivity (Wildman–Crippen MR) is 86.1 cm³/mol. The van der Waals surface area contributed by atoms with Gasteiger partial charge in [0, 0.05) is 18.5 Å². The number of hydrogen-bond acceptors (Lipinski definition) is 4. The molecule has 0 aliphatic rings. The third-order valence-electron chi connectivity index (χ3n) is 3.50. The fourth-order valence-corrected chi connectivity index (χ4v) is 2.33. The van der Waals surface area contributed by atoms with Crippen LogP contribution in [-0.2, 0) is 4.79 Å². The molecular weight excluding hydrogens is 300 g/mol. The Morgan fingerprint density at radius 2 is 1.96 bits per heavy atom. The molecule has 0 heterocycles. The number of carbonyl (C=O) groups is 2. The molecule has 1 unspecified atom stereocenters. The maximum absolute atomic E-state index is 11.8. The van der Waals surface area contributed by atoms with Crippen LogP contribution >= 0.6 is 0 Å². The fourth-order valence-electron chi connectivity index (χ4n) is 2.33. The molecule has 3 N–H and O–H groups in total. The molecule has 0 bridgehead atoms. The fraction of sp³-hybridized carbons (Fsp3) is 0.500. The molecule has 0 aliphatic heterocycles. The van der Waals surface area contributed by atoms with E-state index in [2.05, 4.69) is 10.6 Å². The van der Waals surface area contributed by atoms with E-state index in [0.717, 1.165) is 11.1 Å². The first-order valence-corrected chi connectivity index (χ1v) is 7.38. The average Bonchev–Trinajstić information content (AvgIpc) is 2.50. The van der Waals surface area contributed by atoms with Crippen molar-refractivity contribution < 1.29 is 24.2 Å². The van der Waals surface area contributed by atoms with E-state index in [9.17, 15) is 9.59 Å². The lowest BCUT2D eigenvalue weighted by molar-refractivity contribution is -0.137. The highest BCUT2D eigenvalue weighted by molar-refractivity contribution is 5.74. The first kappa shape index (κ1) is 18.6. The number of amides is 2. The van der Waals surface area contributed by atoms with E-state index in [0.29, 0.717) is 24.5 Å². The molecule has 1 aromatic carbocycles. The van der Waals surface area contributed by atoms with Gasteiger partial charge in [-0.15, -0.1) is 0 Å². The van der Waals surface area contributed by atoms with Crippen LogP contribution in [0.25, 0.3) is 0 Å². The normalized spacial score (nSPS) is 11.5. The Bertz CT molecular complexity index is 560. The zero-order valence-corrected chi connectivity index (χ0v) is 13.9. The maximum Gasteiger partial charge on any atom is 0.315 e. The summed E-state index contributed by atoms with van der Waals surface area (Å²) in [5.74, 6) is 0.404. The second-order valence-corrected chi connectivity index (χ2v) is 5.13. The number of carboxylic acids is 1. The summed E-state index contributed by atoms with van der Waals surface area (Å²) in [5.41, 5.74) is 1.81. The van der Waals surface area contributed by atoms with Gasteiger partial charge in [-0.05, 0) is 31.9 Å². The number of benzene rings is 1. The van der Waals surface area contributed by atoms with Gasteiger partial charge >= 0.3 is 12.0 Å². The molecular formula is C16H24N2O5. The lowest BCUT2D eigenvalue weighted by atomic mass is 10.0. The summed E-state index contributed by atoms with van der Waals surface area (Å²) in [4.78, 5) is 22.2. The van der Waals surface area contributed by atoms with Gasteiger partial charge in [0.2, 0.25) is 0 Å². The average molecular weight is 324 g/mol. The summed E-state index contributed by atoms with van der Waals surface area (Å²) < 4.78 is 10.6. The van der Waals surface area contributed by atoms with Gasteiger partial charge < -0.3 is 25.2 Å². The van der Waals surface area contributed by atoms with Gasteiger partial charge in [0.25, 0.3) is 0 Å². The molecule has 0 fully saturated rings. The van der Waals surface area contributed by atoms with Crippen LogP contribution in [0.4, 0.5) is 4.79 Å². The van der Waals surface area contributed by atoms with Crippen molar-refractivity contribution in [2.24, 2.45) is 0 Å². The zero-order valence-electron chi connectivity index (χ0n) is 13.9. The SMILES string of the molecule is COc1ccc(C(C)NC(=O)NCCCC(=O)O)c(C)c1OC. The zero-order chi connectivity index (χ0) is 17.4. The first-order chi connectivity index (χ1) is 10.9. The van der Waals surface area contributed by atoms with Crippen molar-refractivity contribution in [2.75, 3.05) is 20.8 Å². The van der Waals surface area contributed by atoms with Gasteiger partial charge in [-0.1, -0.05) is 6.07 Å². The minimum Gasteiger partial charge on any atom is -0.493 e. The van der Waals surface area contributed by atoms with Crippen molar-refractivity contribution in [1.82, 2.24) is 10.6 Å². The number of rotatable bonds is 8. The second-order valence-electron chi connectivity index (χ2n) is 5.13. The third-order valence-corrected chi connectivity index (χ3v) is 3.50. The number of aliphatic carboxylic acids is 1. The summed E-state index contributed by atoms with van der Waals surface area (Å²) in [7, 11) is 3.14. The van der Waals surface area contributed by atoms with Gasteiger partial charge in [0.1, 0.15) is 0 Å². The van der Waals surface area contributed by atoms with Crippen LogP contribution in [0.5, 0.6) is 11.5 Å². The number of ether oxygens (including phenoxy) is 2. The molecule has 128 valence electrons. The summed E-state index contributed by atoms with van der Waals surface area (Å²) in [6.07, 6.45) is 0.428. The van der Waals surface area contributed by atoms with Crippen molar-refractivity contribution >= 4 is 12.0 Å². The van der Waals surface area contributed by atoms with Gasteiger partial charge in [0.05, 0.1) is 20.3 Å². The molecule has 1 atom stereocenters. The van der Waals surface area contributed by atoms with Crippen molar-refractivity contribution in [3.8, 4) is 11.5 Å². The molecule has 0 aromatic heterocycles. The molecule has 1 rings (SSSR count). The molecule has 0 aliphatic carbocycles. The monoisotopic (exact) mass is 324 g/mol. The highest BCUT2D eigenvalue weighted by atomic mass is 16.5. The van der Waals surface area contributed by atoms with E-state index in [1.54, 1.807) is 20.3 Å². The van der Waals surface area contributed by atoms with Gasteiger partial charge in [-0.2, -0.15) is 0 Å². The van der Waals surface area contributed by atoms with Crippen LogP contribution in [0.2, 0.25) is 0 Å². The van der Waals surface area contributed by atoms with Crippen LogP contribution < -0.4 is 20.1 Å². The van der Waals surface area contributed by atoms with Crippen LogP contribution in [0.3, 0.4) is 0 Å². The van der Waals surface area contributed by atoms with Crippen molar-refractivity contribution in [2.45, 2.75) is 32.7 Å². The molecule has 0 radical (unpaired) electrons. The van der Waals surface area contributed by atoms with Crippen molar-refractivity contribution in [1.29, 1.82) is 0 Å². The number of urea groups is 1. The summed E-state index contributed by atoms with van der Waals surface area (Å²) in [6.45, 7) is 4.08. The molecule has 0 saturated heterocycles. The van der Waals surface area contributed by atoms with Crippen LogP contribution in [-0.4, -0.2) is 37.9 Å². The number of hydrogen-bond donors (Lipinski definition) is 3. The summed E-state index contributed by atoms with van der Waals surface area (Å²) in [6, 6.07) is 3.11. The lowest BCUT2D eigenvalue weighted by Gasteiger charge is -2.20. The second kappa shape index (κ2) is 8.87. The Morgan fingerprint density at radius 3 is 2.52 bits per heavy atom. The van der Waals surface area contributed by atoms with E-state index in [-0.39, 0.29) is 18.5 Å². The van der Waals surface area contributed by atoms with E-state index in [4.69, 9.17) is 14.6 Å². The Hall–Kier alpha value is -2.44. The third kappa shape index (κ3) is 5.36. The Balaban J connectivity index is 2.65. The maximum atomic E-state index is 11.8. The molecule has 2 amide bonds. The van der Waals surface area contributed by atoms with E-state index in [1.165, 1.54) is 0 Å². The van der Waals surface area contributed by atoms with E-state index < -0.39 is 5.97 Å². The first-order valence-electron chi connectivity index (χ1n) is 7.38. The topological polar surface area (TPSA) is 96.9 Å². The minimum atomic E-state index is -0.874. The van der Waals surface area contributed by atoms with Crippen molar-refractivity contribution in [3.05, 3.63) is 23.3 Å². The van der Waals surface area contributed by atoms with E-state index >= 15 is 0 Å². The smallest absolute Gasteiger partial charge is 0.315 e. The van der Waals surface area contributed by atoms with Crippen LogP contribution in [0.1, 0.15) is 36.9 Å². The number of carbonyl (C=O) groups excluding carboxylic acids is 1. The Labute approximate surface area is 136 Å². The van der Waals surface area contributed by atoms with Crippen LogP contribution in [0, 0.1) is 6.92 Å².